The molecule has 5 nitrogen and oxygen atoms in total. The highest BCUT2D eigenvalue weighted by molar-refractivity contribution is 7.89. The lowest BCUT2D eigenvalue weighted by Gasteiger charge is -2.15. The van der Waals surface area contributed by atoms with Gasteiger partial charge in [0.15, 0.2) is 0 Å². The number of allylic oxidation sites excluding steroid dienone is 1. The number of benzene rings is 2. The SMILES string of the molecule is Cc1ccc(S(=O)(=O)N/N=C2/COCC/C=C(/c3ccccc3)C2)cc1. The molecule has 0 saturated carbocycles. The fourth-order valence-electron chi connectivity index (χ4n) is 2.69. The summed E-state index contributed by atoms with van der Waals surface area (Å²) in [6, 6.07) is 16.7. The topological polar surface area (TPSA) is 67.8 Å². The summed E-state index contributed by atoms with van der Waals surface area (Å²) in [5.74, 6) is 0. The standard InChI is InChI=1S/C20H22N2O3S/c1-16-9-11-20(12-10-16)26(23,24)22-21-19-14-18(8-5-13-25-15-19)17-6-3-2-4-7-17/h2-4,6-12,22H,5,13-15H2,1H3/b18-8+,21-19+. The van der Waals surface area contributed by atoms with Crippen molar-refractivity contribution < 1.29 is 13.2 Å². The summed E-state index contributed by atoms with van der Waals surface area (Å²) in [6.07, 6.45) is 3.49. The predicted molar refractivity (Wildman–Crippen MR) is 103 cm³/mol. The first-order valence-electron chi connectivity index (χ1n) is 8.51. The quantitative estimate of drug-likeness (QED) is 0.837. The first-order chi connectivity index (χ1) is 12.5. The zero-order valence-electron chi connectivity index (χ0n) is 14.7. The Morgan fingerprint density at radius 3 is 2.50 bits per heavy atom. The maximum Gasteiger partial charge on any atom is 0.276 e. The monoisotopic (exact) mass is 370 g/mol. The van der Waals surface area contributed by atoms with E-state index in [0.29, 0.717) is 25.3 Å². The van der Waals surface area contributed by atoms with Crippen molar-refractivity contribution in [2.24, 2.45) is 5.10 Å². The molecular weight excluding hydrogens is 348 g/mol. The second-order valence-electron chi connectivity index (χ2n) is 6.20. The van der Waals surface area contributed by atoms with E-state index in [0.717, 1.165) is 23.1 Å². The number of ether oxygens (including phenoxy) is 1. The van der Waals surface area contributed by atoms with Crippen LogP contribution in [0.3, 0.4) is 0 Å². The maximum atomic E-state index is 12.4. The Balaban J connectivity index is 1.79. The van der Waals surface area contributed by atoms with Crippen LogP contribution < -0.4 is 4.83 Å². The average Bonchev–Trinajstić information content (AvgIpc) is 2.62. The molecular formula is C20H22N2O3S. The van der Waals surface area contributed by atoms with Crippen molar-refractivity contribution in [1.29, 1.82) is 0 Å². The molecule has 0 radical (unpaired) electrons. The van der Waals surface area contributed by atoms with E-state index in [1.54, 1.807) is 24.3 Å². The number of hydrazone groups is 1. The first-order valence-corrected chi connectivity index (χ1v) is 9.99. The number of sulfonamides is 1. The van der Waals surface area contributed by atoms with Gasteiger partial charge in [-0.15, -0.1) is 0 Å². The van der Waals surface area contributed by atoms with Gasteiger partial charge in [-0.1, -0.05) is 54.1 Å². The molecule has 0 spiro atoms. The number of nitrogens with one attached hydrogen (secondary N) is 1. The third-order valence-electron chi connectivity index (χ3n) is 4.12. The number of aryl methyl sites for hydroxylation is 1. The zero-order valence-corrected chi connectivity index (χ0v) is 15.5. The van der Waals surface area contributed by atoms with Gasteiger partial charge in [0.25, 0.3) is 10.0 Å². The van der Waals surface area contributed by atoms with E-state index in [1.807, 2.05) is 37.3 Å². The minimum absolute atomic E-state index is 0.193. The molecule has 0 fully saturated rings. The minimum atomic E-state index is -3.69. The molecule has 1 aliphatic rings. The van der Waals surface area contributed by atoms with E-state index < -0.39 is 10.0 Å². The molecule has 0 atom stereocenters. The van der Waals surface area contributed by atoms with Crippen LogP contribution in [0.1, 0.15) is 24.0 Å². The van der Waals surface area contributed by atoms with Gasteiger partial charge in [0, 0.05) is 6.42 Å². The van der Waals surface area contributed by atoms with Crippen molar-refractivity contribution in [3.8, 4) is 0 Å². The molecule has 136 valence electrons. The van der Waals surface area contributed by atoms with Gasteiger partial charge in [-0.3, -0.25) is 0 Å². The predicted octanol–water partition coefficient (Wildman–Crippen LogP) is 3.52. The van der Waals surface area contributed by atoms with Gasteiger partial charge in [0.05, 0.1) is 23.8 Å². The zero-order chi connectivity index (χ0) is 18.4. The summed E-state index contributed by atoms with van der Waals surface area (Å²) in [4.78, 5) is 2.53. The van der Waals surface area contributed by atoms with Crippen LogP contribution in [0.4, 0.5) is 0 Å². The Labute approximate surface area is 154 Å². The Hall–Kier alpha value is -2.44. The number of hydrogen-bond donors (Lipinski definition) is 1. The second kappa shape index (κ2) is 8.29. The molecule has 0 aromatic heterocycles. The summed E-state index contributed by atoms with van der Waals surface area (Å²) in [7, 11) is -3.69. The number of rotatable bonds is 4. The second-order valence-corrected chi connectivity index (χ2v) is 7.86. The summed E-state index contributed by atoms with van der Waals surface area (Å²) < 4.78 is 30.4. The molecule has 2 aromatic carbocycles. The van der Waals surface area contributed by atoms with Crippen LogP contribution >= 0.6 is 0 Å². The molecule has 0 bridgehead atoms. The third-order valence-corrected chi connectivity index (χ3v) is 5.34. The fraction of sp³-hybridized carbons (Fsp3) is 0.250. The molecule has 1 heterocycles. The summed E-state index contributed by atoms with van der Waals surface area (Å²) >= 11 is 0. The van der Waals surface area contributed by atoms with Crippen molar-refractivity contribution in [2.45, 2.75) is 24.7 Å². The van der Waals surface area contributed by atoms with Crippen LogP contribution in [0.25, 0.3) is 5.57 Å². The normalized spacial score (nSPS) is 19.3. The first kappa shape index (κ1) is 18.4. The highest BCUT2D eigenvalue weighted by Gasteiger charge is 2.15. The smallest absolute Gasteiger partial charge is 0.276 e. The van der Waals surface area contributed by atoms with Crippen LogP contribution in [-0.2, 0) is 14.8 Å². The molecule has 1 aliphatic heterocycles. The van der Waals surface area contributed by atoms with E-state index in [9.17, 15) is 8.42 Å². The Morgan fingerprint density at radius 1 is 1.04 bits per heavy atom. The van der Waals surface area contributed by atoms with Gasteiger partial charge in [-0.2, -0.15) is 13.5 Å². The molecule has 1 N–H and O–H groups in total. The van der Waals surface area contributed by atoms with Gasteiger partial charge in [-0.05, 0) is 36.6 Å². The van der Waals surface area contributed by atoms with E-state index in [-0.39, 0.29) is 4.90 Å². The van der Waals surface area contributed by atoms with Crippen molar-refractivity contribution in [3.63, 3.8) is 0 Å². The van der Waals surface area contributed by atoms with E-state index in [2.05, 4.69) is 16.0 Å². The van der Waals surface area contributed by atoms with Gasteiger partial charge < -0.3 is 4.74 Å². The molecule has 0 unspecified atom stereocenters. The maximum absolute atomic E-state index is 12.4. The summed E-state index contributed by atoms with van der Waals surface area (Å²) in [6.45, 7) is 2.80. The van der Waals surface area contributed by atoms with Crippen molar-refractivity contribution in [1.82, 2.24) is 4.83 Å². The van der Waals surface area contributed by atoms with Gasteiger partial charge >= 0.3 is 0 Å². The number of hydrogen-bond acceptors (Lipinski definition) is 4. The molecule has 0 amide bonds. The third kappa shape index (κ3) is 4.80. The number of nitrogens with zero attached hydrogens (tertiary/aromatic N) is 1. The van der Waals surface area contributed by atoms with Crippen LogP contribution in [0.5, 0.6) is 0 Å². The lowest BCUT2D eigenvalue weighted by molar-refractivity contribution is 0.175. The highest BCUT2D eigenvalue weighted by atomic mass is 32.2. The van der Waals surface area contributed by atoms with Crippen LogP contribution in [0.2, 0.25) is 0 Å². The van der Waals surface area contributed by atoms with Gasteiger partial charge in [0.2, 0.25) is 0 Å². The molecule has 0 aliphatic carbocycles. The minimum Gasteiger partial charge on any atom is -0.375 e. The Kier molecular flexibility index (Phi) is 5.85. The highest BCUT2D eigenvalue weighted by Crippen LogP contribution is 2.21. The molecule has 26 heavy (non-hydrogen) atoms. The van der Waals surface area contributed by atoms with Crippen LogP contribution in [0, 0.1) is 6.92 Å². The average molecular weight is 370 g/mol. The molecule has 0 saturated heterocycles. The molecule has 3 rings (SSSR count). The Bertz CT molecular complexity index is 902. The van der Waals surface area contributed by atoms with E-state index in [1.165, 1.54) is 0 Å². The van der Waals surface area contributed by atoms with Crippen LogP contribution in [-0.4, -0.2) is 27.3 Å². The molecule has 6 heteroatoms. The largest absolute Gasteiger partial charge is 0.375 e. The van der Waals surface area contributed by atoms with Crippen molar-refractivity contribution in [2.75, 3.05) is 13.2 Å². The van der Waals surface area contributed by atoms with Crippen molar-refractivity contribution >= 4 is 21.3 Å². The Morgan fingerprint density at radius 2 is 1.77 bits per heavy atom. The summed E-state index contributed by atoms with van der Waals surface area (Å²) in [5, 5.41) is 4.14. The lowest BCUT2D eigenvalue weighted by Crippen LogP contribution is -2.23. The van der Waals surface area contributed by atoms with E-state index >= 15 is 0 Å². The fourth-order valence-corrected chi connectivity index (χ4v) is 3.54. The summed E-state index contributed by atoms with van der Waals surface area (Å²) in [5.41, 5.74) is 3.89. The van der Waals surface area contributed by atoms with Gasteiger partial charge in [0.1, 0.15) is 0 Å². The van der Waals surface area contributed by atoms with Crippen molar-refractivity contribution in [3.05, 3.63) is 71.8 Å². The lowest BCUT2D eigenvalue weighted by atomic mass is 9.99. The molecule has 2 aromatic rings. The van der Waals surface area contributed by atoms with Gasteiger partial charge in [-0.25, -0.2) is 4.83 Å². The van der Waals surface area contributed by atoms with E-state index in [4.69, 9.17) is 4.74 Å². The van der Waals surface area contributed by atoms with Crippen LogP contribution in [0.15, 0.2) is 70.7 Å².